The lowest BCUT2D eigenvalue weighted by Gasteiger charge is -2.31. The van der Waals surface area contributed by atoms with E-state index in [1.807, 2.05) is 0 Å². The largest absolute Gasteiger partial charge is 0.462 e. The number of carbonyl (C=O) groups is 1. The molecular weight excluding hydrogens is 345 g/mol. The van der Waals surface area contributed by atoms with E-state index in [4.69, 9.17) is 4.74 Å². The van der Waals surface area contributed by atoms with Gasteiger partial charge >= 0.3 is 5.97 Å². The molecule has 1 heterocycles. The van der Waals surface area contributed by atoms with Gasteiger partial charge in [-0.1, -0.05) is 6.42 Å². The SMILES string of the molecule is O=C(OC1CCCCC1)C1CCN(S(=O)(=O)c2ccc(F)cc2)CC1. The zero-order valence-corrected chi connectivity index (χ0v) is 15.0. The third-order valence-electron chi connectivity index (χ3n) is 5.07. The number of carbonyl (C=O) groups excluding carboxylic acids is 1. The van der Waals surface area contributed by atoms with Gasteiger partial charge in [0.25, 0.3) is 0 Å². The molecule has 2 fully saturated rings. The van der Waals surface area contributed by atoms with E-state index in [9.17, 15) is 17.6 Å². The van der Waals surface area contributed by atoms with E-state index in [2.05, 4.69) is 0 Å². The lowest BCUT2D eigenvalue weighted by Crippen LogP contribution is -2.41. The van der Waals surface area contributed by atoms with Crippen molar-refractivity contribution in [2.45, 2.75) is 55.9 Å². The molecule has 2 aliphatic rings. The quantitative estimate of drug-likeness (QED) is 0.765. The maximum atomic E-state index is 13.0. The molecule has 1 aliphatic heterocycles. The summed E-state index contributed by atoms with van der Waals surface area (Å²) in [7, 11) is -3.64. The Labute approximate surface area is 148 Å². The lowest BCUT2D eigenvalue weighted by molar-refractivity contribution is -0.156. The summed E-state index contributed by atoms with van der Waals surface area (Å²) in [6, 6.07) is 4.82. The fourth-order valence-corrected chi connectivity index (χ4v) is 5.00. The number of sulfonamides is 1. The van der Waals surface area contributed by atoms with Crippen LogP contribution in [-0.4, -0.2) is 37.9 Å². The van der Waals surface area contributed by atoms with Gasteiger partial charge in [0.05, 0.1) is 10.8 Å². The van der Waals surface area contributed by atoms with Crippen molar-refractivity contribution in [3.63, 3.8) is 0 Å². The van der Waals surface area contributed by atoms with Crippen LogP contribution >= 0.6 is 0 Å². The van der Waals surface area contributed by atoms with Gasteiger partial charge in [0.1, 0.15) is 11.9 Å². The number of hydrogen-bond donors (Lipinski definition) is 0. The summed E-state index contributed by atoms with van der Waals surface area (Å²) < 4.78 is 45.1. The van der Waals surface area contributed by atoms with Gasteiger partial charge < -0.3 is 4.74 Å². The van der Waals surface area contributed by atoms with Crippen LogP contribution in [0.2, 0.25) is 0 Å². The molecule has 1 aliphatic carbocycles. The number of ether oxygens (including phenoxy) is 1. The second-order valence-corrected chi connectivity index (χ2v) is 8.77. The predicted octanol–water partition coefficient (Wildman–Crippen LogP) is 3.10. The van der Waals surface area contributed by atoms with Gasteiger partial charge in [-0.2, -0.15) is 4.31 Å². The second-order valence-electron chi connectivity index (χ2n) is 6.83. The minimum Gasteiger partial charge on any atom is -0.462 e. The Hall–Kier alpha value is -1.47. The summed E-state index contributed by atoms with van der Waals surface area (Å²) in [5.41, 5.74) is 0. The second kappa shape index (κ2) is 7.83. The van der Waals surface area contributed by atoms with E-state index in [0.29, 0.717) is 12.8 Å². The first-order valence-electron chi connectivity index (χ1n) is 8.93. The van der Waals surface area contributed by atoms with Crippen LogP contribution in [-0.2, 0) is 19.6 Å². The van der Waals surface area contributed by atoms with Gasteiger partial charge in [0, 0.05) is 13.1 Å². The predicted molar refractivity (Wildman–Crippen MR) is 90.8 cm³/mol. The Morgan fingerprint density at radius 1 is 1.00 bits per heavy atom. The van der Waals surface area contributed by atoms with E-state index in [0.717, 1.165) is 37.8 Å². The number of hydrogen-bond acceptors (Lipinski definition) is 4. The van der Waals surface area contributed by atoms with Gasteiger partial charge in [0.2, 0.25) is 10.0 Å². The Balaban J connectivity index is 1.55. The number of benzene rings is 1. The van der Waals surface area contributed by atoms with Crippen molar-refractivity contribution >= 4 is 16.0 Å². The number of halogens is 1. The molecular formula is C18H24FNO4S. The van der Waals surface area contributed by atoms with Crippen LogP contribution in [0.15, 0.2) is 29.2 Å². The van der Waals surface area contributed by atoms with Crippen LogP contribution in [0.4, 0.5) is 4.39 Å². The third-order valence-corrected chi connectivity index (χ3v) is 6.99. The smallest absolute Gasteiger partial charge is 0.309 e. The first-order valence-corrected chi connectivity index (χ1v) is 10.4. The first kappa shape index (κ1) is 18.3. The molecule has 138 valence electrons. The zero-order chi connectivity index (χ0) is 17.9. The first-order chi connectivity index (χ1) is 12.0. The highest BCUT2D eigenvalue weighted by atomic mass is 32.2. The van der Waals surface area contributed by atoms with Crippen molar-refractivity contribution in [3.05, 3.63) is 30.1 Å². The highest BCUT2D eigenvalue weighted by Crippen LogP contribution is 2.27. The maximum Gasteiger partial charge on any atom is 0.309 e. The fraction of sp³-hybridized carbons (Fsp3) is 0.611. The van der Waals surface area contributed by atoms with Crippen molar-refractivity contribution in [1.29, 1.82) is 0 Å². The molecule has 0 unspecified atom stereocenters. The van der Waals surface area contributed by atoms with E-state index in [1.54, 1.807) is 0 Å². The molecule has 3 rings (SSSR count). The van der Waals surface area contributed by atoms with Gasteiger partial charge in [-0.3, -0.25) is 4.79 Å². The normalized spacial score (nSPS) is 21.2. The molecule has 0 spiro atoms. The molecule has 7 heteroatoms. The highest BCUT2D eigenvalue weighted by molar-refractivity contribution is 7.89. The van der Waals surface area contributed by atoms with Crippen molar-refractivity contribution in [2.75, 3.05) is 13.1 Å². The van der Waals surface area contributed by atoms with Crippen LogP contribution in [0.1, 0.15) is 44.9 Å². The van der Waals surface area contributed by atoms with E-state index in [1.165, 1.54) is 22.9 Å². The number of nitrogens with zero attached hydrogens (tertiary/aromatic N) is 1. The molecule has 1 saturated carbocycles. The molecule has 1 saturated heterocycles. The molecule has 5 nitrogen and oxygen atoms in total. The van der Waals surface area contributed by atoms with Crippen molar-refractivity contribution < 1.29 is 22.3 Å². The topological polar surface area (TPSA) is 63.7 Å². The summed E-state index contributed by atoms with van der Waals surface area (Å²) in [5.74, 6) is -0.893. The van der Waals surface area contributed by atoms with Crippen LogP contribution in [0.3, 0.4) is 0 Å². The van der Waals surface area contributed by atoms with Crippen LogP contribution in [0.5, 0.6) is 0 Å². The summed E-state index contributed by atoms with van der Waals surface area (Å²) in [5, 5.41) is 0. The number of rotatable bonds is 4. The average Bonchev–Trinajstić information content (AvgIpc) is 2.63. The minimum absolute atomic E-state index is 0.0298. The third kappa shape index (κ3) is 4.39. The Morgan fingerprint density at radius 2 is 1.60 bits per heavy atom. The molecule has 1 aromatic carbocycles. The van der Waals surface area contributed by atoms with E-state index >= 15 is 0 Å². The maximum absolute atomic E-state index is 13.0. The number of esters is 1. The van der Waals surface area contributed by atoms with Gasteiger partial charge in [-0.15, -0.1) is 0 Å². The molecule has 25 heavy (non-hydrogen) atoms. The standard InChI is InChI=1S/C18H24FNO4S/c19-15-6-8-17(9-7-15)25(22,23)20-12-10-14(11-13-20)18(21)24-16-4-2-1-3-5-16/h6-9,14,16H,1-5,10-13H2. The Morgan fingerprint density at radius 3 is 2.20 bits per heavy atom. The molecule has 0 atom stereocenters. The van der Waals surface area contributed by atoms with Crippen LogP contribution in [0, 0.1) is 11.7 Å². The Bertz CT molecular complexity index is 690. The molecule has 0 radical (unpaired) electrons. The van der Waals surface area contributed by atoms with Crippen LogP contribution < -0.4 is 0 Å². The summed E-state index contributed by atoms with van der Waals surface area (Å²) in [6.45, 7) is 0.564. The van der Waals surface area contributed by atoms with Crippen molar-refractivity contribution in [2.24, 2.45) is 5.92 Å². The zero-order valence-electron chi connectivity index (χ0n) is 14.2. The molecule has 0 aromatic heterocycles. The van der Waals surface area contributed by atoms with E-state index in [-0.39, 0.29) is 36.0 Å². The van der Waals surface area contributed by atoms with Gasteiger partial charge in [0.15, 0.2) is 0 Å². The molecule has 0 bridgehead atoms. The monoisotopic (exact) mass is 369 g/mol. The fourth-order valence-electron chi connectivity index (χ4n) is 3.53. The average molecular weight is 369 g/mol. The molecule has 1 aromatic rings. The summed E-state index contributed by atoms with van der Waals surface area (Å²) >= 11 is 0. The van der Waals surface area contributed by atoms with Crippen molar-refractivity contribution in [3.8, 4) is 0 Å². The number of piperidine rings is 1. The Kier molecular flexibility index (Phi) is 5.74. The van der Waals surface area contributed by atoms with E-state index < -0.39 is 15.8 Å². The van der Waals surface area contributed by atoms with Crippen LogP contribution in [0.25, 0.3) is 0 Å². The highest BCUT2D eigenvalue weighted by Gasteiger charge is 2.33. The molecule has 0 N–H and O–H groups in total. The van der Waals surface area contributed by atoms with Gasteiger partial charge in [-0.05, 0) is 62.8 Å². The molecule has 0 amide bonds. The lowest BCUT2D eigenvalue weighted by atomic mass is 9.96. The van der Waals surface area contributed by atoms with Crippen molar-refractivity contribution in [1.82, 2.24) is 4.31 Å². The minimum atomic E-state index is -3.64. The van der Waals surface area contributed by atoms with Gasteiger partial charge in [-0.25, -0.2) is 12.8 Å². The summed E-state index contributed by atoms with van der Waals surface area (Å²) in [4.78, 5) is 12.4. The summed E-state index contributed by atoms with van der Waals surface area (Å²) in [6.07, 6.45) is 6.24.